The van der Waals surface area contributed by atoms with Gasteiger partial charge in [0, 0.05) is 23.0 Å². The molecular weight excluding hydrogens is 348 g/mol. The van der Waals surface area contributed by atoms with Gasteiger partial charge in [-0.2, -0.15) is 0 Å². The van der Waals surface area contributed by atoms with Gasteiger partial charge in [0.25, 0.3) is 5.56 Å². The lowest BCUT2D eigenvalue weighted by molar-refractivity contribution is 0.580. The number of fused-ring (bicyclic) bond motifs is 1. The van der Waals surface area contributed by atoms with Crippen LogP contribution in [0, 0.1) is 13.8 Å². The maximum absolute atomic E-state index is 12.3. The molecule has 0 aliphatic rings. The molecule has 0 atom stereocenters. The lowest BCUT2D eigenvalue weighted by Crippen LogP contribution is -2.29. The molecule has 0 spiro atoms. The van der Waals surface area contributed by atoms with Crippen molar-refractivity contribution < 1.29 is 8.42 Å². The van der Waals surface area contributed by atoms with Gasteiger partial charge < -0.3 is 4.98 Å². The summed E-state index contributed by atoms with van der Waals surface area (Å²) < 4.78 is 27.0. The average molecular weight is 370 g/mol. The molecule has 0 bridgehead atoms. The van der Waals surface area contributed by atoms with Crippen LogP contribution in [0.1, 0.15) is 22.3 Å². The monoisotopic (exact) mass is 370 g/mol. The Morgan fingerprint density at radius 3 is 2.50 bits per heavy atom. The molecule has 1 heterocycles. The van der Waals surface area contributed by atoms with E-state index in [9.17, 15) is 13.2 Å². The van der Waals surface area contributed by atoms with Crippen molar-refractivity contribution in [1.29, 1.82) is 0 Å². The molecule has 0 saturated heterocycles. The van der Waals surface area contributed by atoms with E-state index < -0.39 is 10.0 Å². The first-order chi connectivity index (χ1) is 12.3. The molecule has 0 radical (unpaired) electrons. The number of hydrogen-bond donors (Lipinski definition) is 2. The Hall–Kier alpha value is -2.44. The Kier molecular flexibility index (Phi) is 5.25. The highest BCUT2D eigenvalue weighted by Crippen LogP contribution is 2.18. The fraction of sp³-hybridized carbons (Fsp3) is 0.250. The van der Waals surface area contributed by atoms with Crippen LogP contribution in [-0.2, 0) is 23.0 Å². The Bertz CT molecular complexity index is 1090. The van der Waals surface area contributed by atoms with Gasteiger partial charge in [-0.25, -0.2) is 13.1 Å². The molecule has 0 aliphatic carbocycles. The van der Waals surface area contributed by atoms with Crippen LogP contribution in [0.3, 0.4) is 0 Å². The topological polar surface area (TPSA) is 79.0 Å². The van der Waals surface area contributed by atoms with Crippen LogP contribution in [-0.4, -0.2) is 19.2 Å². The second-order valence-corrected chi connectivity index (χ2v) is 8.47. The number of H-pyrrole nitrogens is 1. The third-order valence-electron chi connectivity index (χ3n) is 4.37. The predicted molar refractivity (Wildman–Crippen MR) is 105 cm³/mol. The summed E-state index contributed by atoms with van der Waals surface area (Å²) in [6.45, 7) is 3.93. The fourth-order valence-electron chi connectivity index (χ4n) is 3.00. The van der Waals surface area contributed by atoms with Gasteiger partial charge in [-0.05, 0) is 49.1 Å². The highest BCUT2D eigenvalue weighted by molar-refractivity contribution is 7.89. The molecule has 5 nitrogen and oxygen atoms in total. The van der Waals surface area contributed by atoms with E-state index in [1.807, 2.05) is 56.3 Å². The first kappa shape index (κ1) is 18.4. The van der Waals surface area contributed by atoms with Gasteiger partial charge in [-0.15, -0.1) is 0 Å². The minimum absolute atomic E-state index is 0.0132. The predicted octanol–water partition coefficient (Wildman–Crippen LogP) is 2.81. The summed E-state index contributed by atoms with van der Waals surface area (Å²) in [7, 11) is -3.47. The fourth-order valence-corrected chi connectivity index (χ4v) is 4.03. The number of sulfonamides is 1. The molecular formula is C20H22N2O3S. The van der Waals surface area contributed by atoms with E-state index in [1.165, 1.54) is 0 Å². The first-order valence-electron chi connectivity index (χ1n) is 8.48. The zero-order chi connectivity index (χ0) is 18.7. The largest absolute Gasteiger partial charge is 0.322 e. The zero-order valence-electron chi connectivity index (χ0n) is 14.9. The standard InChI is InChI=1S/C20H22N2O3S/c1-14-10-15(2)18-12-17(20(23)22-19(18)11-14)13-21-26(24,25)9-8-16-6-4-3-5-7-16/h3-7,10-12,21H,8-9,13H2,1-2H3,(H,22,23). The number of pyridine rings is 1. The van der Waals surface area contributed by atoms with E-state index in [0.717, 1.165) is 27.6 Å². The summed E-state index contributed by atoms with van der Waals surface area (Å²) in [5.74, 6) is -0.0132. The van der Waals surface area contributed by atoms with Crippen LogP contribution in [0.5, 0.6) is 0 Å². The number of aromatic amines is 1. The highest BCUT2D eigenvalue weighted by Gasteiger charge is 2.12. The van der Waals surface area contributed by atoms with Gasteiger partial charge in [0.1, 0.15) is 0 Å². The zero-order valence-corrected chi connectivity index (χ0v) is 15.7. The Morgan fingerprint density at radius 2 is 1.77 bits per heavy atom. The van der Waals surface area contributed by atoms with E-state index in [-0.39, 0.29) is 17.9 Å². The van der Waals surface area contributed by atoms with Crippen LogP contribution in [0.15, 0.2) is 53.3 Å². The number of aromatic nitrogens is 1. The summed E-state index contributed by atoms with van der Waals surface area (Å²) >= 11 is 0. The van der Waals surface area contributed by atoms with Gasteiger partial charge in [0.2, 0.25) is 10.0 Å². The summed E-state index contributed by atoms with van der Waals surface area (Å²) in [4.78, 5) is 15.1. The van der Waals surface area contributed by atoms with E-state index >= 15 is 0 Å². The van der Waals surface area contributed by atoms with Crippen molar-refractivity contribution in [1.82, 2.24) is 9.71 Å². The second-order valence-electron chi connectivity index (χ2n) is 6.54. The smallest absolute Gasteiger partial charge is 0.252 e. The molecule has 0 aliphatic heterocycles. The minimum Gasteiger partial charge on any atom is -0.322 e. The Morgan fingerprint density at radius 1 is 1.04 bits per heavy atom. The van der Waals surface area contributed by atoms with Crippen LogP contribution < -0.4 is 10.3 Å². The molecule has 2 aromatic carbocycles. The van der Waals surface area contributed by atoms with Crippen molar-refractivity contribution in [3.05, 3.63) is 81.1 Å². The summed E-state index contributed by atoms with van der Waals surface area (Å²) in [5, 5.41) is 0.925. The lowest BCUT2D eigenvalue weighted by Gasteiger charge is -2.09. The molecule has 6 heteroatoms. The van der Waals surface area contributed by atoms with E-state index in [2.05, 4.69) is 9.71 Å². The maximum Gasteiger partial charge on any atom is 0.252 e. The molecule has 0 unspecified atom stereocenters. The minimum atomic E-state index is -3.47. The third kappa shape index (κ3) is 4.39. The molecule has 136 valence electrons. The van der Waals surface area contributed by atoms with E-state index in [0.29, 0.717) is 12.0 Å². The average Bonchev–Trinajstić information content (AvgIpc) is 2.59. The first-order valence-corrected chi connectivity index (χ1v) is 10.1. The number of aryl methyl sites for hydroxylation is 3. The van der Waals surface area contributed by atoms with Gasteiger partial charge >= 0.3 is 0 Å². The summed E-state index contributed by atoms with van der Waals surface area (Å²) in [6.07, 6.45) is 0.433. The van der Waals surface area contributed by atoms with E-state index in [1.54, 1.807) is 6.07 Å². The van der Waals surface area contributed by atoms with Crippen LogP contribution >= 0.6 is 0 Å². The van der Waals surface area contributed by atoms with Crippen molar-refractivity contribution >= 4 is 20.9 Å². The number of hydrogen-bond acceptors (Lipinski definition) is 3. The quantitative estimate of drug-likeness (QED) is 0.700. The number of benzene rings is 2. The summed E-state index contributed by atoms with van der Waals surface area (Å²) in [5.41, 5.74) is 3.99. The second kappa shape index (κ2) is 7.43. The molecule has 2 N–H and O–H groups in total. The van der Waals surface area contributed by atoms with E-state index in [4.69, 9.17) is 0 Å². The third-order valence-corrected chi connectivity index (χ3v) is 5.70. The van der Waals surface area contributed by atoms with Crippen molar-refractivity contribution in [2.75, 3.05) is 5.75 Å². The normalized spacial score (nSPS) is 11.8. The van der Waals surface area contributed by atoms with Crippen molar-refractivity contribution in [2.24, 2.45) is 0 Å². The molecule has 26 heavy (non-hydrogen) atoms. The lowest BCUT2D eigenvalue weighted by atomic mass is 10.0. The van der Waals surface area contributed by atoms with Gasteiger partial charge in [0.05, 0.1) is 5.75 Å². The highest BCUT2D eigenvalue weighted by atomic mass is 32.2. The number of nitrogens with one attached hydrogen (secondary N) is 2. The van der Waals surface area contributed by atoms with Crippen molar-refractivity contribution in [3.8, 4) is 0 Å². The summed E-state index contributed by atoms with van der Waals surface area (Å²) in [6, 6.07) is 15.2. The van der Waals surface area contributed by atoms with Crippen LogP contribution in [0.25, 0.3) is 10.9 Å². The van der Waals surface area contributed by atoms with Gasteiger partial charge in [-0.3, -0.25) is 4.79 Å². The molecule has 3 aromatic rings. The van der Waals surface area contributed by atoms with Crippen molar-refractivity contribution in [3.63, 3.8) is 0 Å². The molecule has 0 amide bonds. The van der Waals surface area contributed by atoms with Crippen molar-refractivity contribution in [2.45, 2.75) is 26.8 Å². The molecule has 1 aromatic heterocycles. The van der Waals surface area contributed by atoms with Gasteiger partial charge in [-0.1, -0.05) is 36.4 Å². The maximum atomic E-state index is 12.3. The molecule has 0 fully saturated rings. The molecule has 3 rings (SSSR count). The van der Waals surface area contributed by atoms with Crippen LogP contribution in [0.2, 0.25) is 0 Å². The Labute approximate surface area is 153 Å². The van der Waals surface area contributed by atoms with Gasteiger partial charge in [0.15, 0.2) is 0 Å². The number of rotatable bonds is 6. The Balaban J connectivity index is 1.74. The SMILES string of the molecule is Cc1cc(C)c2cc(CNS(=O)(=O)CCc3ccccc3)c(=O)[nH]c2c1. The molecule has 0 saturated carbocycles. The van der Waals surface area contributed by atoms with Crippen LogP contribution in [0.4, 0.5) is 0 Å².